The van der Waals surface area contributed by atoms with E-state index in [1.54, 1.807) is 13.8 Å². The Labute approximate surface area is 116 Å². The Morgan fingerprint density at radius 3 is 2.60 bits per heavy atom. The lowest BCUT2D eigenvalue weighted by Gasteiger charge is -2.16. The van der Waals surface area contributed by atoms with Crippen molar-refractivity contribution in [2.24, 2.45) is 0 Å². The molecule has 20 heavy (non-hydrogen) atoms. The molecule has 1 aromatic rings. The Morgan fingerprint density at radius 2 is 2.10 bits per heavy atom. The molecule has 0 saturated carbocycles. The normalized spacial score (nSPS) is 11.6. The monoisotopic (exact) mass is 283 g/mol. The molecule has 0 saturated heterocycles. The number of nitro groups is 1. The van der Waals surface area contributed by atoms with Gasteiger partial charge in [-0.05, 0) is 19.4 Å². The zero-order valence-electron chi connectivity index (χ0n) is 11.6. The van der Waals surface area contributed by atoms with E-state index in [0.29, 0.717) is 12.2 Å². The molecule has 0 aliphatic heterocycles. The number of carbonyl (C=O) groups is 1. The van der Waals surface area contributed by atoms with E-state index in [4.69, 9.17) is 14.2 Å². The molecule has 0 bridgehead atoms. The summed E-state index contributed by atoms with van der Waals surface area (Å²) in [6, 6.07) is 4.10. The summed E-state index contributed by atoms with van der Waals surface area (Å²) in [5.74, 6) is -0.161. The van der Waals surface area contributed by atoms with Gasteiger partial charge in [0, 0.05) is 12.1 Å². The van der Waals surface area contributed by atoms with Crippen LogP contribution in [0.5, 0.6) is 11.5 Å². The van der Waals surface area contributed by atoms with E-state index in [9.17, 15) is 14.9 Å². The van der Waals surface area contributed by atoms with Crippen molar-refractivity contribution in [2.75, 3.05) is 13.7 Å². The van der Waals surface area contributed by atoms with Crippen LogP contribution in [0.2, 0.25) is 0 Å². The van der Waals surface area contributed by atoms with E-state index < -0.39 is 17.0 Å². The van der Waals surface area contributed by atoms with Gasteiger partial charge in [0.25, 0.3) is 0 Å². The summed E-state index contributed by atoms with van der Waals surface area (Å²) in [4.78, 5) is 22.0. The molecule has 0 amide bonds. The number of carbonyl (C=O) groups excluding carboxylic acids is 1. The van der Waals surface area contributed by atoms with E-state index in [1.807, 2.05) is 0 Å². The second-order valence-corrected chi connectivity index (χ2v) is 3.86. The molecule has 1 rings (SSSR count). The molecule has 0 aromatic heterocycles. The fraction of sp³-hybridized carbons (Fsp3) is 0.462. The molecule has 0 fully saturated rings. The summed E-state index contributed by atoms with van der Waals surface area (Å²) < 4.78 is 15.3. The zero-order chi connectivity index (χ0) is 15.1. The van der Waals surface area contributed by atoms with Crippen molar-refractivity contribution in [1.29, 1.82) is 0 Å². The first-order valence-electron chi connectivity index (χ1n) is 6.19. The molecule has 0 heterocycles. The first kappa shape index (κ1) is 15.7. The number of rotatable bonds is 7. The lowest BCUT2D eigenvalue weighted by Crippen LogP contribution is -2.28. The van der Waals surface area contributed by atoms with Crippen LogP contribution in [0.4, 0.5) is 5.69 Å². The maximum atomic E-state index is 11.7. The number of hydrogen-bond donors (Lipinski definition) is 0. The van der Waals surface area contributed by atoms with Gasteiger partial charge >= 0.3 is 11.7 Å². The van der Waals surface area contributed by atoms with Crippen molar-refractivity contribution in [2.45, 2.75) is 26.4 Å². The molecule has 7 heteroatoms. The zero-order valence-corrected chi connectivity index (χ0v) is 11.6. The Kier molecular flexibility index (Phi) is 5.76. The highest BCUT2D eigenvalue weighted by molar-refractivity contribution is 5.75. The van der Waals surface area contributed by atoms with Crippen LogP contribution < -0.4 is 9.47 Å². The van der Waals surface area contributed by atoms with Crippen molar-refractivity contribution < 1.29 is 23.9 Å². The van der Waals surface area contributed by atoms with E-state index in [0.717, 1.165) is 0 Å². The largest absolute Gasteiger partial charge is 0.497 e. The number of ether oxygens (including phenoxy) is 3. The molecule has 1 unspecified atom stereocenters. The first-order chi connectivity index (χ1) is 9.53. The second-order valence-electron chi connectivity index (χ2n) is 3.86. The minimum atomic E-state index is -0.888. The number of esters is 1. The summed E-state index contributed by atoms with van der Waals surface area (Å²) in [6.07, 6.45) is -0.548. The third kappa shape index (κ3) is 3.84. The van der Waals surface area contributed by atoms with Crippen LogP contribution in [0.25, 0.3) is 0 Å². The van der Waals surface area contributed by atoms with Crippen molar-refractivity contribution >= 4 is 11.7 Å². The molecular formula is C13H17NO6. The Balaban J connectivity index is 3.03. The van der Waals surface area contributed by atoms with Crippen LogP contribution in [-0.4, -0.2) is 30.7 Å². The summed E-state index contributed by atoms with van der Waals surface area (Å²) in [5, 5.41) is 11.0. The molecule has 0 spiro atoms. The lowest BCUT2D eigenvalue weighted by molar-refractivity contribution is -0.386. The van der Waals surface area contributed by atoms with Crippen LogP contribution in [0.15, 0.2) is 18.2 Å². The maximum absolute atomic E-state index is 11.7. The van der Waals surface area contributed by atoms with Gasteiger partial charge in [-0.15, -0.1) is 0 Å². The molecular weight excluding hydrogens is 266 g/mol. The fourth-order valence-electron chi connectivity index (χ4n) is 1.55. The average Bonchev–Trinajstić information content (AvgIpc) is 2.44. The van der Waals surface area contributed by atoms with Crippen LogP contribution in [0, 0.1) is 10.1 Å². The molecule has 1 aromatic carbocycles. The Bertz CT molecular complexity index is 488. The van der Waals surface area contributed by atoms with Crippen molar-refractivity contribution in [3.63, 3.8) is 0 Å². The molecule has 110 valence electrons. The quantitative estimate of drug-likeness (QED) is 0.433. The van der Waals surface area contributed by atoms with Gasteiger partial charge in [-0.1, -0.05) is 6.92 Å². The number of hydrogen-bond acceptors (Lipinski definition) is 6. The van der Waals surface area contributed by atoms with Gasteiger partial charge in [0.05, 0.1) is 18.6 Å². The summed E-state index contributed by atoms with van der Waals surface area (Å²) >= 11 is 0. The third-order valence-corrected chi connectivity index (χ3v) is 2.55. The van der Waals surface area contributed by atoms with Crippen molar-refractivity contribution in [3.05, 3.63) is 28.3 Å². The minimum Gasteiger partial charge on any atom is -0.497 e. The predicted molar refractivity (Wildman–Crippen MR) is 71.0 cm³/mol. The Morgan fingerprint density at radius 1 is 1.40 bits per heavy atom. The van der Waals surface area contributed by atoms with E-state index in [1.165, 1.54) is 25.3 Å². The predicted octanol–water partition coefficient (Wildman–Crippen LogP) is 2.32. The van der Waals surface area contributed by atoms with Gasteiger partial charge in [-0.2, -0.15) is 0 Å². The molecule has 0 radical (unpaired) electrons. The van der Waals surface area contributed by atoms with E-state index in [2.05, 4.69) is 0 Å². The minimum absolute atomic E-state index is 0.0192. The third-order valence-electron chi connectivity index (χ3n) is 2.55. The smallest absolute Gasteiger partial charge is 0.347 e. The first-order valence-corrected chi connectivity index (χ1v) is 6.19. The van der Waals surface area contributed by atoms with Gasteiger partial charge in [0.15, 0.2) is 6.10 Å². The number of benzene rings is 1. The van der Waals surface area contributed by atoms with Gasteiger partial charge in [0.2, 0.25) is 5.75 Å². The van der Waals surface area contributed by atoms with Gasteiger partial charge in [-0.25, -0.2) is 4.79 Å². The van der Waals surface area contributed by atoms with Crippen LogP contribution in [0.1, 0.15) is 20.3 Å². The molecule has 0 N–H and O–H groups in total. The van der Waals surface area contributed by atoms with Crippen LogP contribution >= 0.6 is 0 Å². The number of nitrogens with zero attached hydrogens (tertiary/aromatic N) is 1. The lowest BCUT2D eigenvalue weighted by atomic mass is 10.2. The van der Waals surface area contributed by atoms with E-state index in [-0.39, 0.29) is 18.0 Å². The topological polar surface area (TPSA) is 87.9 Å². The SMILES string of the molecule is CCOC(=O)C(CC)Oc1cc(OC)ccc1[N+](=O)[O-]. The highest BCUT2D eigenvalue weighted by Gasteiger charge is 2.24. The average molecular weight is 283 g/mol. The van der Waals surface area contributed by atoms with Crippen LogP contribution in [-0.2, 0) is 9.53 Å². The molecule has 7 nitrogen and oxygen atoms in total. The van der Waals surface area contributed by atoms with Gasteiger partial charge in [0.1, 0.15) is 5.75 Å². The maximum Gasteiger partial charge on any atom is 0.347 e. The Hall–Kier alpha value is -2.31. The van der Waals surface area contributed by atoms with E-state index >= 15 is 0 Å². The number of methoxy groups -OCH3 is 1. The highest BCUT2D eigenvalue weighted by Crippen LogP contribution is 2.32. The standard InChI is InChI=1S/C13H17NO6/c1-4-11(13(15)19-5-2)20-12-8-9(18-3)6-7-10(12)14(16)17/h6-8,11H,4-5H2,1-3H3. The highest BCUT2D eigenvalue weighted by atomic mass is 16.6. The molecule has 0 aliphatic rings. The van der Waals surface area contributed by atoms with Gasteiger partial charge < -0.3 is 14.2 Å². The summed E-state index contributed by atoms with van der Waals surface area (Å²) in [5.41, 5.74) is -0.228. The summed E-state index contributed by atoms with van der Waals surface area (Å²) in [6.45, 7) is 3.63. The fourth-order valence-corrected chi connectivity index (χ4v) is 1.55. The van der Waals surface area contributed by atoms with Crippen LogP contribution in [0.3, 0.4) is 0 Å². The van der Waals surface area contributed by atoms with Crippen molar-refractivity contribution in [1.82, 2.24) is 0 Å². The second kappa shape index (κ2) is 7.32. The molecule has 0 aliphatic carbocycles. The number of nitro benzene ring substituents is 1. The van der Waals surface area contributed by atoms with Crippen molar-refractivity contribution in [3.8, 4) is 11.5 Å². The molecule has 1 atom stereocenters. The van der Waals surface area contributed by atoms with Gasteiger partial charge in [-0.3, -0.25) is 10.1 Å². The summed E-state index contributed by atoms with van der Waals surface area (Å²) in [7, 11) is 1.44.